The number of amides is 1. The van der Waals surface area contributed by atoms with Crippen molar-refractivity contribution in [1.82, 2.24) is 9.80 Å². The van der Waals surface area contributed by atoms with Crippen LogP contribution in [-0.2, 0) is 9.59 Å². The number of aliphatic hydroxyl groups is 1. The van der Waals surface area contributed by atoms with Crippen molar-refractivity contribution >= 4 is 17.4 Å². The summed E-state index contributed by atoms with van der Waals surface area (Å²) in [6.45, 7) is 14.2. The predicted molar refractivity (Wildman–Crippen MR) is 152 cm³/mol. The zero-order valence-corrected chi connectivity index (χ0v) is 23.5. The fraction of sp³-hybridized carbons (Fsp3) is 0.419. The third kappa shape index (κ3) is 6.09. The summed E-state index contributed by atoms with van der Waals surface area (Å²) < 4.78 is 22.9. The molecule has 1 atom stereocenters. The molecule has 0 aromatic heterocycles. The van der Waals surface area contributed by atoms with Crippen LogP contribution in [-0.4, -0.2) is 79.2 Å². The van der Waals surface area contributed by atoms with E-state index in [-0.39, 0.29) is 11.3 Å². The molecule has 2 aromatic carbocycles. The number of fused-ring (bicyclic) bond motifs is 1. The van der Waals surface area contributed by atoms with Crippen molar-refractivity contribution < 1.29 is 33.6 Å². The largest absolute Gasteiger partial charge is 0.507 e. The van der Waals surface area contributed by atoms with Gasteiger partial charge in [-0.05, 0) is 68.9 Å². The number of carbonyl (C=O) groups is 2. The van der Waals surface area contributed by atoms with Gasteiger partial charge in [0.2, 0.25) is 0 Å². The lowest BCUT2D eigenvalue weighted by Crippen LogP contribution is -2.33. The van der Waals surface area contributed by atoms with Gasteiger partial charge in [0, 0.05) is 12.1 Å². The molecule has 1 saturated heterocycles. The summed E-state index contributed by atoms with van der Waals surface area (Å²) in [7, 11) is 0. The Hall–Kier alpha value is -3.98. The van der Waals surface area contributed by atoms with E-state index in [4.69, 9.17) is 18.9 Å². The van der Waals surface area contributed by atoms with Crippen molar-refractivity contribution in [2.75, 3.05) is 52.6 Å². The number of likely N-dealkylation sites (tertiary alicyclic amines) is 1. The van der Waals surface area contributed by atoms with Crippen molar-refractivity contribution in [2.45, 2.75) is 33.2 Å². The maximum atomic E-state index is 13.5. The fourth-order valence-corrected chi connectivity index (χ4v) is 5.04. The second-order valence-corrected chi connectivity index (χ2v) is 9.47. The van der Waals surface area contributed by atoms with Crippen molar-refractivity contribution in [3.05, 3.63) is 65.8 Å². The van der Waals surface area contributed by atoms with Gasteiger partial charge in [-0.25, -0.2) is 0 Å². The van der Waals surface area contributed by atoms with Gasteiger partial charge in [0.25, 0.3) is 11.7 Å². The number of nitrogens with zero attached hydrogens (tertiary/aromatic N) is 2. The van der Waals surface area contributed by atoms with Crippen LogP contribution in [0.3, 0.4) is 0 Å². The molecular formula is C31H38N2O7. The number of hydrogen-bond acceptors (Lipinski definition) is 8. The van der Waals surface area contributed by atoms with Crippen LogP contribution >= 0.6 is 0 Å². The van der Waals surface area contributed by atoms with Gasteiger partial charge in [-0.15, -0.1) is 0 Å². The standard InChI is InChI=1S/C31H38N2O7/c1-5-16-38-23-12-10-21(19-25(23)37-8-4)28-27(29(34)22-11-13-24-26(20-22)40-18-17-39-24)30(35)31(36)33(28)15-9-14-32(6-2)7-3/h5,10-13,19-20,28,34H,1,6-9,14-18H2,2-4H3/b29-27-. The minimum absolute atomic E-state index is 0.0201. The molecule has 40 heavy (non-hydrogen) atoms. The van der Waals surface area contributed by atoms with E-state index in [1.54, 1.807) is 47.4 Å². The molecule has 1 N–H and O–H groups in total. The lowest BCUT2D eigenvalue weighted by atomic mass is 9.94. The Kier molecular flexibility index (Phi) is 9.71. The normalized spacial score (nSPS) is 17.8. The minimum atomic E-state index is -0.808. The van der Waals surface area contributed by atoms with E-state index < -0.39 is 17.7 Å². The summed E-state index contributed by atoms with van der Waals surface area (Å²) in [5, 5.41) is 11.5. The summed E-state index contributed by atoms with van der Waals surface area (Å²) in [5.74, 6) is 0.399. The van der Waals surface area contributed by atoms with Gasteiger partial charge in [-0.3, -0.25) is 9.59 Å². The maximum absolute atomic E-state index is 13.5. The first-order valence-corrected chi connectivity index (χ1v) is 13.8. The van der Waals surface area contributed by atoms with Crippen LogP contribution in [0.1, 0.15) is 44.4 Å². The number of carbonyl (C=O) groups excluding carboxylic acids is 2. The number of rotatable bonds is 13. The van der Waals surface area contributed by atoms with Crippen LogP contribution in [0.25, 0.3) is 5.76 Å². The zero-order valence-electron chi connectivity index (χ0n) is 23.5. The van der Waals surface area contributed by atoms with Crippen LogP contribution in [0.5, 0.6) is 23.0 Å². The van der Waals surface area contributed by atoms with Crippen molar-refractivity contribution in [1.29, 1.82) is 0 Å². The summed E-state index contributed by atoms with van der Waals surface area (Å²) >= 11 is 0. The minimum Gasteiger partial charge on any atom is -0.507 e. The Morgan fingerprint density at radius 2 is 1.80 bits per heavy atom. The molecule has 214 valence electrons. The van der Waals surface area contributed by atoms with Crippen LogP contribution in [0, 0.1) is 0 Å². The lowest BCUT2D eigenvalue weighted by Gasteiger charge is -2.27. The number of hydrogen-bond donors (Lipinski definition) is 1. The maximum Gasteiger partial charge on any atom is 0.295 e. The number of benzene rings is 2. The Morgan fingerprint density at radius 3 is 2.50 bits per heavy atom. The second-order valence-electron chi connectivity index (χ2n) is 9.47. The van der Waals surface area contributed by atoms with E-state index in [9.17, 15) is 14.7 Å². The van der Waals surface area contributed by atoms with Crippen molar-refractivity contribution in [3.63, 3.8) is 0 Å². The fourth-order valence-electron chi connectivity index (χ4n) is 5.04. The van der Waals surface area contributed by atoms with Crippen LogP contribution < -0.4 is 18.9 Å². The average Bonchev–Trinajstić information content (AvgIpc) is 3.23. The van der Waals surface area contributed by atoms with E-state index in [1.165, 1.54) is 0 Å². The van der Waals surface area contributed by atoms with Crippen LogP contribution in [0.15, 0.2) is 54.6 Å². The number of ketones is 1. The highest BCUT2D eigenvalue weighted by Crippen LogP contribution is 2.43. The van der Waals surface area contributed by atoms with E-state index in [2.05, 4.69) is 25.3 Å². The third-order valence-corrected chi connectivity index (χ3v) is 7.06. The Labute approximate surface area is 235 Å². The van der Waals surface area contributed by atoms with Crippen molar-refractivity contribution in [2.24, 2.45) is 0 Å². The monoisotopic (exact) mass is 550 g/mol. The molecule has 1 unspecified atom stereocenters. The first-order chi connectivity index (χ1) is 19.4. The number of ether oxygens (including phenoxy) is 4. The van der Waals surface area contributed by atoms with Gasteiger partial charge < -0.3 is 33.9 Å². The van der Waals surface area contributed by atoms with E-state index in [1.807, 2.05) is 6.92 Å². The van der Waals surface area contributed by atoms with Crippen LogP contribution in [0.2, 0.25) is 0 Å². The number of Topliss-reactive ketones (excluding diaryl/α,β-unsaturated/α-hetero) is 1. The highest BCUT2D eigenvalue weighted by molar-refractivity contribution is 6.46. The Balaban J connectivity index is 1.78. The summed E-state index contributed by atoms with van der Waals surface area (Å²) in [4.78, 5) is 30.7. The zero-order chi connectivity index (χ0) is 28.6. The molecule has 0 saturated carbocycles. The molecule has 2 aromatic rings. The molecule has 0 bridgehead atoms. The SMILES string of the molecule is C=CCOc1ccc(C2/C(=C(/O)c3ccc4c(c3)OCCO4)C(=O)C(=O)N2CCCN(CC)CC)cc1OCC. The lowest BCUT2D eigenvalue weighted by molar-refractivity contribution is -0.140. The molecule has 1 amide bonds. The predicted octanol–water partition coefficient (Wildman–Crippen LogP) is 4.57. The van der Waals surface area contributed by atoms with Crippen LogP contribution in [0.4, 0.5) is 0 Å². The summed E-state index contributed by atoms with van der Waals surface area (Å²) in [5.41, 5.74) is 1.02. The first kappa shape index (κ1) is 29.0. The highest BCUT2D eigenvalue weighted by Gasteiger charge is 2.46. The van der Waals surface area contributed by atoms with E-state index in [0.717, 1.165) is 19.6 Å². The smallest absolute Gasteiger partial charge is 0.295 e. The molecule has 2 heterocycles. The Morgan fingerprint density at radius 1 is 1.05 bits per heavy atom. The van der Waals surface area contributed by atoms with Gasteiger partial charge in [0.15, 0.2) is 23.0 Å². The molecule has 1 fully saturated rings. The highest BCUT2D eigenvalue weighted by atomic mass is 16.6. The number of aliphatic hydroxyl groups excluding tert-OH is 1. The summed E-state index contributed by atoms with van der Waals surface area (Å²) in [6.07, 6.45) is 2.32. The van der Waals surface area contributed by atoms with Gasteiger partial charge in [-0.2, -0.15) is 0 Å². The summed E-state index contributed by atoms with van der Waals surface area (Å²) in [6, 6.07) is 9.50. The molecule has 0 aliphatic carbocycles. The topological polar surface area (TPSA) is 97.8 Å². The molecule has 9 heteroatoms. The first-order valence-electron chi connectivity index (χ1n) is 13.8. The molecule has 2 aliphatic heterocycles. The van der Waals surface area contributed by atoms with Gasteiger partial charge in [0.1, 0.15) is 25.6 Å². The third-order valence-electron chi connectivity index (χ3n) is 7.06. The van der Waals surface area contributed by atoms with Crippen molar-refractivity contribution in [3.8, 4) is 23.0 Å². The quantitative estimate of drug-likeness (QED) is 0.168. The van der Waals surface area contributed by atoms with Gasteiger partial charge in [0.05, 0.1) is 18.2 Å². The second kappa shape index (κ2) is 13.4. The molecule has 2 aliphatic rings. The van der Waals surface area contributed by atoms with E-state index >= 15 is 0 Å². The van der Waals surface area contributed by atoms with E-state index in [0.29, 0.717) is 73.5 Å². The Bertz CT molecular complexity index is 1270. The molecular weight excluding hydrogens is 512 g/mol. The molecule has 4 rings (SSSR count). The average molecular weight is 551 g/mol. The molecule has 0 spiro atoms. The molecule has 0 radical (unpaired) electrons. The van der Waals surface area contributed by atoms with Gasteiger partial charge in [-0.1, -0.05) is 32.6 Å². The molecule has 9 nitrogen and oxygen atoms in total. The van der Waals surface area contributed by atoms with Gasteiger partial charge >= 0.3 is 0 Å².